The molecule has 0 aliphatic heterocycles. The van der Waals surface area contributed by atoms with Crippen LogP contribution < -0.4 is 4.74 Å². The number of hydrogen-bond acceptors (Lipinski definition) is 2. The Balaban J connectivity index is 2.24. The Morgan fingerprint density at radius 2 is 1.79 bits per heavy atom. The van der Waals surface area contributed by atoms with Gasteiger partial charge < -0.3 is 4.74 Å². The van der Waals surface area contributed by atoms with E-state index >= 15 is 0 Å². The molecule has 0 unspecified atom stereocenters. The van der Waals surface area contributed by atoms with Crippen molar-refractivity contribution in [1.82, 2.24) is 4.98 Å². The zero-order valence-corrected chi connectivity index (χ0v) is 11.1. The normalized spacial score (nSPS) is 10.6. The van der Waals surface area contributed by atoms with Crippen molar-refractivity contribution in [2.45, 2.75) is 6.92 Å². The Hall–Kier alpha value is -2.35. The quantitative estimate of drug-likeness (QED) is 0.678. The van der Waals surface area contributed by atoms with E-state index in [0.717, 1.165) is 11.3 Å². The van der Waals surface area contributed by atoms with Gasteiger partial charge in [0.1, 0.15) is 5.75 Å². The Kier molecular flexibility index (Phi) is 2.92. The molecule has 2 aromatic carbocycles. The van der Waals surface area contributed by atoms with Crippen molar-refractivity contribution in [1.29, 1.82) is 0 Å². The summed E-state index contributed by atoms with van der Waals surface area (Å²) in [6.07, 6.45) is 1.86. The second-order valence-corrected chi connectivity index (χ2v) is 4.56. The van der Waals surface area contributed by atoms with Crippen molar-refractivity contribution in [2.24, 2.45) is 0 Å². The number of fused-ring (bicyclic) bond motifs is 1. The lowest BCUT2D eigenvalue weighted by Gasteiger charge is -2.10. The van der Waals surface area contributed by atoms with E-state index in [2.05, 4.69) is 36.2 Å². The van der Waals surface area contributed by atoms with Crippen LogP contribution in [0.5, 0.6) is 5.75 Å². The predicted molar refractivity (Wildman–Crippen MR) is 78.5 cm³/mol. The molecule has 0 fully saturated rings. The second kappa shape index (κ2) is 4.73. The van der Waals surface area contributed by atoms with Crippen molar-refractivity contribution in [3.05, 3.63) is 60.3 Å². The minimum absolute atomic E-state index is 0.889. The third kappa shape index (κ3) is 2.06. The first-order valence-corrected chi connectivity index (χ1v) is 6.28. The number of hydrogen-bond donors (Lipinski definition) is 0. The second-order valence-electron chi connectivity index (χ2n) is 4.56. The third-order valence-corrected chi connectivity index (χ3v) is 3.37. The van der Waals surface area contributed by atoms with E-state index in [9.17, 15) is 0 Å². The van der Waals surface area contributed by atoms with Crippen LogP contribution in [0.15, 0.2) is 54.7 Å². The number of benzene rings is 2. The van der Waals surface area contributed by atoms with Gasteiger partial charge in [-0.3, -0.25) is 4.98 Å². The van der Waals surface area contributed by atoms with E-state index in [1.165, 1.54) is 22.1 Å². The summed E-state index contributed by atoms with van der Waals surface area (Å²) >= 11 is 0. The van der Waals surface area contributed by atoms with Crippen molar-refractivity contribution in [2.75, 3.05) is 7.11 Å². The number of aromatic nitrogens is 1. The van der Waals surface area contributed by atoms with Gasteiger partial charge in [-0.15, -0.1) is 0 Å². The average Bonchev–Trinajstić information content (AvgIpc) is 2.46. The number of rotatable bonds is 2. The van der Waals surface area contributed by atoms with E-state index in [-0.39, 0.29) is 0 Å². The summed E-state index contributed by atoms with van der Waals surface area (Å²) in [5.74, 6) is 0.889. The first-order chi connectivity index (χ1) is 9.29. The highest BCUT2D eigenvalue weighted by atomic mass is 16.5. The topological polar surface area (TPSA) is 22.1 Å². The molecule has 0 saturated carbocycles. The molecule has 0 amide bonds. The van der Waals surface area contributed by atoms with Crippen LogP contribution in [0.4, 0.5) is 0 Å². The monoisotopic (exact) mass is 249 g/mol. The molecular formula is C17H15NO. The standard InChI is InChI=1S/C17H15NO/c1-12-11-13(19-2)7-8-14(12)15-9-10-18-17-6-4-3-5-16(15)17/h3-11H,1-2H3. The number of para-hydroxylation sites is 1. The molecule has 3 aromatic rings. The van der Waals surface area contributed by atoms with Gasteiger partial charge in [0.05, 0.1) is 12.6 Å². The van der Waals surface area contributed by atoms with Gasteiger partial charge in [-0.1, -0.05) is 24.3 Å². The zero-order valence-electron chi connectivity index (χ0n) is 11.1. The summed E-state index contributed by atoms with van der Waals surface area (Å²) < 4.78 is 5.26. The molecule has 0 bridgehead atoms. The number of pyridine rings is 1. The lowest BCUT2D eigenvalue weighted by atomic mass is 9.97. The smallest absolute Gasteiger partial charge is 0.119 e. The molecule has 2 heteroatoms. The van der Waals surface area contributed by atoms with Gasteiger partial charge in [0.2, 0.25) is 0 Å². The van der Waals surface area contributed by atoms with Crippen LogP contribution in [-0.4, -0.2) is 12.1 Å². The van der Waals surface area contributed by atoms with E-state index in [1.807, 2.05) is 30.5 Å². The molecule has 19 heavy (non-hydrogen) atoms. The summed E-state index contributed by atoms with van der Waals surface area (Å²) in [5, 5.41) is 1.18. The molecule has 0 N–H and O–H groups in total. The minimum atomic E-state index is 0.889. The molecule has 94 valence electrons. The third-order valence-electron chi connectivity index (χ3n) is 3.37. The van der Waals surface area contributed by atoms with Gasteiger partial charge in [-0.05, 0) is 47.9 Å². The van der Waals surface area contributed by atoms with Crippen molar-refractivity contribution in [3.63, 3.8) is 0 Å². The summed E-state index contributed by atoms with van der Waals surface area (Å²) in [7, 11) is 1.69. The van der Waals surface area contributed by atoms with Crippen molar-refractivity contribution in [3.8, 4) is 16.9 Å². The molecule has 1 aromatic heterocycles. The average molecular weight is 249 g/mol. The maximum atomic E-state index is 5.26. The van der Waals surface area contributed by atoms with Gasteiger partial charge in [-0.2, -0.15) is 0 Å². The summed E-state index contributed by atoms with van der Waals surface area (Å²) in [5.41, 5.74) is 4.66. The van der Waals surface area contributed by atoms with E-state index in [4.69, 9.17) is 4.74 Å². The number of ether oxygens (including phenoxy) is 1. The molecule has 0 radical (unpaired) electrons. The first kappa shape index (κ1) is 11.7. The van der Waals surface area contributed by atoms with Crippen LogP contribution in [0.25, 0.3) is 22.0 Å². The number of aryl methyl sites for hydroxylation is 1. The highest BCUT2D eigenvalue weighted by molar-refractivity contribution is 5.95. The van der Waals surface area contributed by atoms with Crippen molar-refractivity contribution < 1.29 is 4.74 Å². The van der Waals surface area contributed by atoms with Gasteiger partial charge >= 0.3 is 0 Å². The van der Waals surface area contributed by atoms with Crippen molar-refractivity contribution >= 4 is 10.9 Å². The van der Waals surface area contributed by atoms with Crippen LogP contribution in [-0.2, 0) is 0 Å². The lowest BCUT2D eigenvalue weighted by molar-refractivity contribution is 0.414. The van der Waals surface area contributed by atoms with Gasteiger partial charge in [0, 0.05) is 11.6 Å². The largest absolute Gasteiger partial charge is 0.497 e. The first-order valence-electron chi connectivity index (χ1n) is 6.28. The maximum Gasteiger partial charge on any atom is 0.119 e. The molecule has 0 saturated heterocycles. The SMILES string of the molecule is COc1ccc(-c2ccnc3ccccc23)c(C)c1. The van der Waals surface area contributed by atoms with Crippen LogP contribution in [0.1, 0.15) is 5.56 Å². The van der Waals surface area contributed by atoms with Crippen LogP contribution >= 0.6 is 0 Å². The van der Waals surface area contributed by atoms with Crippen LogP contribution in [0.3, 0.4) is 0 Å². The fourth-order valence-corrected chi connectivity index (χ4v) is 2.40. The number of nitrogens with zero attached hydrogens (tertiary/aromatic N) is 1. The van der Waals surface area contributed by atoms with E-state index in [0.29, 0.717) is 0 Å². The zero-order chi connectivity index (χ0) is 13.2. The molecule has 0 atom stereocenters. The minimum Gasteiger partial charge on any atom is -0.497 e. The fourth-order valence-electron chi connectivity index (χ4n) is 2.40. The molecule has 0 spiro atoms. The van der Waals surface area contributed by atoms with Crippen LogP contribution in [0, 0.1) is 6.92 Å². The van der Waals surface area contributed by atoms with E-state index in [1.54, 1.807) is 7.11 Å². The van der Waals surface area contributed by atoms with Gasteiger partial charge in [0.25, 0.3) is 0 Å². The van der Waals surface area contributed by atoms with Gasteiger partial charge in [0.15, 0.2) is 0 Å². The Morgan fingerprint density at radius 1 is 0.947 bits per heavy atom. The van der Waals surface area contributed by atoms with Crippen LogP contribution in [0.2, 0.25) is 0 Å². The highest BCUT2D eigenvalue weighted by Crippen LogP contribution is 2.31. The molecule has 0 aliphatic rings. The number of methoxy groups -OCH3 is 1. The maximum absolute atomic E-state index is 5.26. The summed E-state index contributed by atoms with van der Waals surface area (Å²) in [6.45, 7) is 2.10. The fraction of sp³-hybridized carbons (Fsp3) is 0.118. The molecule has 2 nitrogen and oxygen atoms in total. The Bertz CT molecular complexity index is 729. The van der Waals surface area contributed by atoms with E-state index < -0.39 is 0 Å². The predicted octanol–water partition coefficient (Wildman–Crippen LogP) is 4.22. The Morgan fingerprint density at radius 3 is 2.58 bits per heavy atom. The molecule has 0 aliphatic carbocycles. The Labute approximate surface area is 112 Å². The van der Waals surface area contributed by atoms with Gasteiger partial charge in [-0.25, -0.2) is 0 Å². The highest BCUT2D eigenvalue weighted by Gasteiger charge is 2.07. The molecular weight excluding hydrogens is 234 g/mol. The molecule has 1 heterocycles. The summed E-state index contributed by atoms with van der Waals surface area (Å²) in [6, 6.07) is 16.4. The summed E-state index contributed by atoms with van der Waals surface area (Å²) in [4.78, 5) is 4.41. The lowest BCUT2D eigenvalue weighted by Crippen LogP contribution is -1.89. The molecule has 3 rings (SSSR count).